The monoisotopic (exact) mass is 538 g/mol. The Labute approximate surface area is 223 Å². The van der Waals surface area contributed by atoms with Gasteiger partial charge in [0.25, 0.3) is 5.91 Å². The second-order valence-corrected chi connectivity index (χ2v) is 10.0. The van der Waals surface area contributed by atoms with Gasteiger partial charge in [0.15, 0.2) is 5.78 Å². The zero-order chi connectivity index (χ0) is 26.3. The van der Waals surface area contributed by atoms with Gasteiger partial charge in [0, 0.05) is 51.0 Å². The number of amides is 1. The van der Waals surface area contributed by atoms with Crippen molar-refractivity contribution in [2.45, 2.75) is 31.6 Å². The van der Waals surface area contributed by atoms with Crippen LogP contribution in [0, 0.1) is 11.6 Å². The first-order chi connectivity index (χ1) is 17.7. The minimum absolute atomic E-state index is 0.0159. The maximum Gasteiger partial charge on any atom is 0.254 e. The van der Waals surface area contributed by atoms with E-state index in [1.54, 1.807) is 25.1 Å². The van der Waals surface area contributed by atoms with Gasteiger partial charge in [-0.05, 0) is 54.7 Å². The maximum atomic E-state index is 14.4. The van der Waals surface area contributed by atoms with Gasteiger partial charge in [0.1, 0.15) is 11.6 Å². The highest BCUT2D eigenvalue weighted by Gasteiger charge is 2.41. The molecule has 4 nitrogen and oxygen atoms in total. The molecule has 1 aliphatic carbocycles. The number of anilines is 1. The van der Waals surface area contributed by atoms with Crippen LogP contribution in [0.5, 0.6) is 0 Å². The summed E-state index contributed by atoms with van der Waals surface area (Å²) in [6.07, 6.45) is 0.846. The SMILES string of the molecule is CC1=C(C(=O)Nc2ccc(F)cc2F)[C@H](c2ccc(Cl)cc2Cl)C2=C(C[C@@H](c3ccccc3)CC2=O)N1. The fraction of sp³-hybridized carbons (Fsp3) is 0.172. The van der Waals surface area contributed by atoms with Crippen molar-refractivity contribution in [1.29, 1.82) is 0 Å². The molecule has 2 atom stereocenters. The molecule has 188 valence electrons. The Hall–Kier alpha value is -3.48. The summed E-state index contributed by atoms with van der Waals surface area (Å²) in [5.41, 5.74) is 3.33. The van der Waals surface area contributed by atoms with Crippen LogP contribution in [0.3, 0.4) is 0 Å². The Kier molecular flexibility index (Phi) is 6.88. The van der Waals surface area contributed by atoms with Crippen LogP contribution in [-0.4, -0.2) is 11.7 Å². The minimum Gasteiger partial charge on any atom is -0.362 e. The van der Waals surface area contributed by atoms with Gasteiger partial charge in [0.05, 0.1) is 5.69 Å². The average Bonchev–Trinajstić information content (AvgIpc) is 2.85. The number of dihydropyridines is 1. The molecule has 1 heterocycles. The van der Waals surface area contributed by atoms with Crippen molar-refractivity contribution in [1.82, 2.24) is 5.32 Å². The lowest BCUT2D eigenvalue weighted by Gasteiger charge is -2.37. The van der Waals surface area contributed by atoms with Gasteiger partial charge in [-0.1, -0.05) is 59.6 Å². The third kappa shape index (κ3) is 4.91. The highest BCUT2D eigenvalue weighted by Crippen LogP contribution is 2.47. The van der Waals surface area contributed by atoms with Gasteiger partial charge in [0.2, 0.25) is 0 Å². The topological polar surface area (TPSA) is 58.2 Å². The molecule has 3 aromatic carbocycles. The van der Waals surface area contributed by atoms with Crippen molar-refractivity contribution in [3.05, 3.63) is 122 Å². The molecule has 0 fully saturated rings. The Bertz CT molecular complexity index is 1480. The number of hydrogen-bond donors (Lipinski definition) is 2. The number of allylic oxidation sites excluding steroid dienone is 3. The molecule has 2 aliphatic rings. The molecule has 1 aliphatic heterocycles. The van der Waals surface area contributed by atoms with Crippen LogP contribution in [0.25, 0.3) is 0 Å². The van der Waals surface area contributed by atoms with Crippen LogP contribution >= 0.6 is 23.2 Å². The fourth-order valence-electron chi connectivity index (χ4n) is 5.13. The van der Waals surface area contributed by atoms with E-state index in [0.29, 0.717) is 39.4 Å². The molecule has 0 aromatic heterocycles. The fourth-order valence-corrected chi connectivity index (χ4v) is 5.65. The Morgan fingerprint density at radius 1 is 1.00 bits per heavy atom. The largest absolute Gasteiger partial charge is 0.362 e. The third-order valence-electron chi connectivity index (χ3n) is 6.80. The van der Waals surface area contributed by atoms with Crippen LogP contribution in [-0.2, 0) is 9.59 Å². The lowest BCUT2D eigenvalue weighted by Crippen LogP contribution is -2.37. The van der Waals surface area contributed by atoms with Crippen LogP contribution in [0.4, 0.5) is 14.5 Å². The van der Waals surface area contributed by atoms with E-state index in [1.165, 1.54) is 0 Å². The van der Waals surface area contributed by atoms with Gasteiger partial charge in [-0.3, -0.25) is 9.59 Å². The summed E-state index contributed by atoms with van der Waals surface area (Å²) in [6.45, 7) is 1.73. The molecule has 1 amide bonds. The number of carbonyl (C=O) groups is 2. The number of ketones is 1. The summed E-state index contributed by atoms with van der Waals surface area (Å²) >= 11 is 12.7. The van der Waals surface area contributed by atoms with E-state index in [9.17, 15) is 18.4 Å². The summed E-state index contributed by atoms with van der Waals surface area (Å²) < 4.78 is 27.8. The number of rotatable bonds is 4. The predicted molar refractivity (Wildman–Crippen MR) is 140 cm³/mol. The number of halogens is 4. The van der Waals surface area contributed by atoms with E-state index >= 15 is 0 Å². The van der Waals surface area contributed by atoms with Crippen molar-refractivity contribution >= 4 is 40.6 Å². The Morgan fingerprint density at radius 2 is 1.76 bits per heavy atom. The molecule has 0 spiro atoms. The second-order valence-electron chi connectivity index (χ2n) is 9.17. The normalized spacial score (nSPS) is 19.4. The molecule has 0 unspecified atom stereocenters. The van der Waals surface area contributed by atoms with Crippen LogP contribution in [0.15, 0.2) is 89.3 Å². The maximum absolute atomic E-state index is 14.4. The van der Waals surface area contributed by atoms with E-state index in [2.05, 4.69) is 10.6 Å². The third-order valence-corrected chi connectivity index (χ3v) is 7.36. The number of hydrogen-bond acceptors (Lipinski definition) is 3. The zero-order valence-corrected chi connectivity index (χ0v) is 21.3. The van der Waals surface area contributed by atoms with Crippen LogP contribution < -0.4 is 10.6 Å². The first-order valence-corrected chi connectivity index (χ1v) is 12.5. The number of benzene rings is 3. The summed E-state index contributed by atoms with van der Waals surface area (Å²) in [4.78, 5) is 27.2. The molecule has 0 bridgehead atoms. The van der Waals surface area contributed by atoms with Crippen molar-refractivity contribution in [2.75, 3.05) is 5.32 Å². The van der Waals surface area contributed by atoms with E-state index in [-0.39, 0.29) is 29.4 Å². The molecule has 37 heavy (non-hydrogen) atoms. The Balaban J connectivity index is 1.59. The minimum atomic E-state index is -0.907. The molecule has 3 aromatic rings. The molecule has 5 rings (SSSR count). The van der Waals surface area contributed by atoms with E-state index in [4.69, 9.17) is 23.2 Å². The van der Waals surface area contributed by atoms with E-state index in [0.717, 1.165) is 23.4 Å². The van der Waals surface area contributed by atoms with Crippen LogP contribution in [0.2, 0.25) is 10.0 Å². The van der Waals surface area contributed by atoms with Crippen molar-refractivity contribution in [3.63, 3.8) is 0 Å². The van der Waals surface area contributed by atoms with Gasteiger partial charge in [-0.25, -0.2) is 8.78 Å². The van der Waals surface area contributed by atoms with Crippen molar-refractivity contribution in [3.8, 4) is 0 Å². The lowest BCUT2D eigenvalue weighted by molar-refractivity contribution is -0.116. The van der Waals surface area contributed by atoms with Gasteiger partial charge in [-0.2, -0.15) is 0 Å². The summed E-state index contributed by atoms with van der Waals surface area (Å²) in [7, 11) is 0. The number of Topliss-reactive ketones (excluding diaryl/α,β-unsaturated/α-hetero) is 1. The lowest BCUT2D eigenvalue weighted by atomic mass is 9.71. The van der Waals surface area contributed by atoms with Gasteiger partial charge < -0.3 is 10.6 Å². The summed E-state index contributed by atoms with van der Waals surface area (Å²) in [5.74, 6) is -3.21. The number of carbonyl (C=O) groups excluding carboxylic acids is 2. The molecule has 0 saturated carbocycles. The van der Waals surface area contributed by atoms with E-state index < -0.39 is 23.5 Å². The quantitative estimate of drug-likeness (QED) is 0.367. The van der Waals surface area contributed by atoms with Gasteiger partial charge in [-0.15, -0.1) is 0 Å². The highest BCUT2D eigenvalue weighted by atomic mass is 35.5. The molecule has 0 saturated heterocycles. The van der Waals surface area contributed by atoms with Crippen molar-refractivity contribution in [2.24, 2.45) is 0 Å². The Morgan fingerprint density at radius 3 is 2.46 bits per heavy atom. The highest BCUT2D eigenvalue weighted by molar-refractivity contribution is 6.35. The van der Waals surface area contributed by atoms with Crippen molar-refractivity contribution < 1.29 is 18.4 Å². The van der Waals surface area contributed by atoms with Gasteiger partial charge >= 0.3 is 0 Å². The van der Waals surface area contributed by atoms with Crippen LogP contribution in [0.1, 0.15) is 42.7 Å². The zero-order valence-electron chi connectivity index (χ0n) is 19.7. The molecular formula is C29H22Cl2F2N2O2. The molecule has 8 heteroatoms. The first-order valence-electron chi connectivity index (χ1n) is 11.7. The number of nitrogens with one attached hydrogen (secondary N) is 2. The second kappa shape index (κ2) is 10.1. The first kappa shape index (κ1) is 25.2. The standard InChI is InChI=1S/C29H22Cl2F2N2O2/c1-15-26(29(37)35-23-10-8-19(32)14-22(23)33)27(20-9-7-18(30)13-21(20)31)28-24(34-15)11-17(12-25(28)36)16-5-3-2-4-6-16/h2-10,13-14,17,27,34H,11-12H2,1H3,(H,35,37)/t17-,27+/m1/s1. The van der Waals surface area contributed by atoms with E-state index in [1.807, 2.05) is 30.3 Å². The molecule has 0 radical (unpaired) electrons. The predicted octanol–water partition coefficient (Wildman–Crippen LogP) is 7.27. The molecule has 2 N–H and O–H groups in total. The summed E-state index contributed by atoms with van der Waals surface area (Å²) in [5, 5.41) is 6.52. The average molecular weight is 539 g/mol. The summed E-state index contributed by atoms with van der Waals surface area (Å²) in [6, 6.07) is 17.6. The smallest absolute Gasteiger partial charge is 0.254 e. The molecular weight excluding hydrogens is 517 g/mol.